The molecule has 3 aromatic rings. The van der Waals surface area contributed by atoms with Crippen molar-refractivity contribution in [2.24, 2.45) is 0 Å². The molecule has 0 saturated carbocycles. The molecule has 3 aliphatic rings. The highest BCUT2D eigenvalue weighted by molar-refractivity contribution is 5.99. The van der Waals surface area contributed by atoms with Crippen LogP contribution in [0.25, 0.3) is 33.4 Å². The highest BCUT2D eigenvalue weighted by Crippen LogP contribution is 2.43. The Hall–Kier alpha value is -4.26. The van der Waals surface area contributed by atoms with Gasteiger partial charge in [-0.1, -0.05) is 29.8 Å². The van der Waals surface area contributed by atoms with E-state index in [1.54, 1.807) is 14.2 Å². The second-order valence-electron chi connectivity index (χ2n) is 8.64. The van der Waals surface area contributed by atoms with Crippen LogP contribution in [0, 0.1) is 6.92 Å². The first-order chi connectivity index (χ1) is 17.1. The van der Waals surface area contributed by atoms with E-state index in [0.717, 1.165) is 44.9 Å². The molecular weight excluding hydrogens is 442 g/mol. The molecule has 7 nitrogen and oxygen atoms in total. The first-order valence-electron chi connectivity index (χ1n) is 11.5. The lowest BCUT2D eigenvalue weighted by Gasteiger charge is -2.22. The number of methoxy groups -OCH3 is 2. The molecule has 3 aromatic carbocycles. The molecule has 7 heteroatoms. The van der Waals surface area contributed by atoms with Gasteiger partial charge in [-0.2, -0.15) is 0 Å². The number of benzene rings is 3. The van der Waals surface area contributed by atoms with Crippen molar-refractivity contribution in [1.29, 1.82) is 0 Å². The largest absolute Gasteiger partial charge is 0.493 e. The predicted octanol–water partition coefficient (Wildman–Crippen LogP) is 5.35. The molecule has 0 aliphatic carbocycles. The van der Waals surface area contributed by atoms with Gasteiger partial charge in [0.1, 0.15) is 24.6 Å². The lowest BCUT2D eigenvalue weighted by molar-refractivity contribution is 0.172. The summed E-state index contributed by atoms with van der Waals surface area (Å²) in [6.45, 7) is 3.88. The summed E-state index contributed by atoms with van der Waals surface area (Å²) in [4.78, 5) is 0. The minimum Gasteiger partial charge on any atom is -0.493 e. The Morgan fingerprint density at radius 3 is 2.40 bits per heavy atom. The van der Waals surface area contributed by atoms with Crippen molar-refractivity contribution in [2.75, 3.05) is 27.4 Å². The van der Waals surface area contributed by atoms with Crippen LogP contribution in [-0.4, -0.2) is 42.2 Å². The van der Waals surface area contributed by atoms with E-state index in [-0.39, 0.29) is 0 Å². The first kappa shape index (κ1) is 21.3. The topological polar surface area (TPSA) is 67.6 Å². The second kappa shape index (κ2) is 8.51. The van der Waals surface area contributed by atoms with Gasteiger partial charge < -0.3 is 23.5 Å². The Kier molecular flexibility index (Phi) is 5.17. The third kappa shape index (κ3) is 3.69. The van der Waals surface area contributed by atoms with Gasteiger partial charge in [0.05, 0.1) is 19.7 Å². The van der Waals surface area contributed by atoms with Gasteiger partial charge in [-0.15, -0.1) is 10.2 Å². The fraction of sp³-hybridized carbons (Fsp3) is 0.214. The zero-order chi connectivity index (χ0) is 23.9. The predicted molar refractivity (Wildman–Crippen MR) is 134 cm³/mol. The molecule has 6 rings (SSSR count). The van der Waals surface area contributed by atoms with Crippen LogP contribution in [0.15, 0.2) is 60.8 Å². The number of aromatic nitrogens is 3. The Morgan fingerprint density at radius 2 is 1.63 bits per heavy atom. The summed E-state index contributed by atoms with van der Waals surface area (Å²) in [6.07, 6.45) is 2.13. The molecule has 176 valence electrons. The molecule has 0 unspecified atom stereocenters. The first-order valence-corrected chi connectivity index (χ1v) is 11.5. The third-order valence-corrected chi connectivity index (χ3v) is 6.36. The number of rotatable bonds is 5. The summed E-state index contributed by atoms with van der Waals surface area (Å²) in [6, 6.07) is 18.4. The molecule has 0 bridgehead atoms. The van der Waals surface area contributed by atoms with Gasteiger partial charge in [0, 0.05) is 35.3 Å². The number of hydrogen-bond acceptors (Lipinski definition) is 6. The van der Waals surface area contributed by atoms with Crippen LogP contribution < -0.4 is 18.9 Å². The number of ether oxygens (including phenoxy) is 4. The summed E-state index contributed by atoms with van der Waals surface area (Å²) in [5, 5.41) is 10.2. The molecule has 0 fully saturated rings. The Balaban J connectivity index is 1.57. The molecule has 0 radical (unpaired) electrons. The molecule has 0 N–H and O–H groups in total. The lowest BCUT2D eigenvalue weighted by atomic mass is 10.0. The molecule has 3 heterocycles. The van der Waals surface area contributed by atoms with Crippen LogP contribution in [0.5, 0.6) is 23.0 Å². The fourth-order valence-corrected chi connectivity index (χ4v) is 4.71. The molecule has 0 spiro atoms. The number of hydrogen-bond donors (Lipinski definition) is 0. The molecule has 0 saturated heterocycles. The minimum absolute atomic E-state index is 0.529. The average molecular weight is 468 g/mol. The molecule has 35 heavy (non-hydrogen) atoms. The van der Waals surface area contributed by atoms with E-state index >= 15 is 0 Å². The van der Waals surface area contributed by atoms with Crippen molar-refractivity contribution in [3.63, 3.8) is 0 Å². The van der Waals surface area contributed by atoms with E-state index in [9.17, 15) is 0 Å². The van der Waals surface area contributed by atoms with Crippen molar-refractivity contribution >= 4 is 10.9 Å². The maximum absolute atomic E-state index is 5.89. The minimum atomic E-state index is 0.529. The normalized spacial score (nSPS) is 12.8. The maximum atomic E-state index is 5.89. The monoisotopic (exact) mass is 467 g/mol. The van der Waals surface area contributed by atoms with Crippen LogP contribution in [0.2, 0.25) is 0 Å². The highest BCUT2D eigenvalue weighted by Gasteiger charge is 2.24. The van der Waals surface area contributed by atoms with E-state index < -0.39 is 0 Å². The van der Waals surface area contributed by atoms with Gasteiger partial charge in [0.2, 0.25) is 0 Å². The van der Waals surface area contributed by atoms with Crippen LogP contribution in [0.3, 0.4) is 0 Å². The fourth-order valence-electron chi connectivity index (χ4n) is 4.71. The average Bonchev–Trinajstić information content (AvgIpc) is 3.31. The van der Waals surface area contributed by atoms with Crippen molar-refractivity contribution in [3.05, 3.63) is 71.9 Å². The van der Waals surface area contributed by atoms with Crippen LogP contribution in [-0.2, 0) is 6.54 Å². The van der Waals surface area contributed by atoms with Gasteiger partial charge in [0.25, 0.3) is 0 Å². The number of aryl methyl sites for hydroxylation is 1. The van der Waals surface area contributed by atoms with Gasteiger partial charge in [-0.25, -0.2) is 0 Å². The lowest BCUT2D eigenvalue weighted by Crippen LogP contribution is -2.15. The summed E-state index contributed by atoms with van der Waals surface area (Å²) in [5.74, 6) is 2.80. The standard InChI is InChI=1S/C28H25N3O4/c1-17-5-4-6-18(11-17)15-31-16-21-27(19-7-8-23(32-2)24(12-19)33-3)29-30-28(21)20-13-25-26(14-22(20)31)35-10-9-34-25/h4-8,11-14,16H,9-10,15H2,1-3H3. The quantitative estimate of drug-likeness (QED) is 0.347. The zero-order valence-corrected chi connectivity index (χ0v) is 19.9. The Morgan fingerprint density at radius 1 is 0.857 bits per heavy atom. The second-order valence-corrected chi connectivity index (χ2v) is 8.64. The van der Waals surface area contributed by atoms with Crippen molar-refractivity contribution in [1.82, 2.24) is 14.8 Å². The molecule has 0 aromatic heterocycles. The summed E-state index contributed by atoms with van der Waals surface area (Å²) >= 11 is 0. The van der Waals surface area contributed by atoms with Crippen LogP contribution >= 0.6 is 0 Å². The van der Waals surface area contributed by atoms with Crippen molar-refractivity contribution in [3.8, 4) is 45.5 Å². The Bertz CT molecular complexity index is 1520. The molecular formula is C28H25N3O4. The maximum Gasteiger partial charge on any atom is 0.163 e. The summed E-state index contributed by atoms with van der Waals surface area (Å²) in [7, 11) is 3.26. The van der Waals surface area contributed by atoms with Crippen molar-refractivity contribution in [2.45, 2.75) is 13.5 Å². The van der Waals surface area contributed by atoms with E-state index in [4.69, 9.17) is 18.9 Å². The van der Waals surface area contributed by atoms with E-state index in [2.05, 4.69) is 52.2 Å². The zero-order valence-electron chi connectivity index (χ0n) is 19.9. The van der Waals surface area contributed by atoms with Gasteiger partial charge >= 0.3 is 0 Å². The van der Waals surface area contributed by atoms with Gasteiger partial charge in [0.15, 0.2) is 23.0 Å². The SMILES string of the molecule is COc1ccc(-c2nnc3c4cc5c(cc4n(Cc4cccc(C)c4)cc2-3)OCCO5)cc1OC. The highest BCUT2D eigenvalue weighted by atomic mass is 16.6. The van der Waals surface area contributed by atoms with E-state index in [1.807, 2.05) is 30.3 Å². The summed E-state index contributed by atoms with van der Waals surface area (Å²) in [5.41, 5.74) is 6.93. The molecule has 0 atom stereocenters. The van der Waals surface area contributed by atoms with Crippen LogP contribution in [0.1, 0.15) is 11.1 Å². The smallest absolute Gasteiger partial charge is 0.163 e. The number of fused-ring (bicyclic) bond motifs is 4. The van der Waals surface area contributed by atoms with Crippen molar-refractivity contribution < 1.29 is 18.9 Å². The van der Waals surface area contributed by atoms with Gasteiger partial charge in [-0.05, 0) is 36.8 Å². The molecule has 3 aliphatic heterocycles. The number of nitrogens with zero attached hydrogens (tertiary/aromatic N) is 3. The van der Waals surface area contributed by atoms with E-state index in [0.29, 0.717) is 31.3 Å². The van der Waals surface area contributed by atoms with Crippen LogP contribution in [0.4, 0.5) is 0 Å². The summed E-state index contributed by atoms with van der Waals surface area (Å²) < 4.78 is 24.9. The Labute approximate surface area is 203 Å². The van der Waals surface area contributed by atoms with Gasteiger partial charge in [-0.3, -0.25) is 0 Å². The third-order valence-electron chi connectivity index (χ3n) is 6.36. The van der Waals surface area contributed by atoms with E-state index in [1.165, 1.54) is 11.1 Å². The molecule has 0 amide bonds. The number of pyridine rings is 1.